The number of aryl methyl sites for hydroxylation is 1. The van der Waals surface area contributed by atoms with Crippen LogP contribution < -0.4 is 20.3 Å². The number of aliphatic imine (C=N–C) groups is 1. The van der Waals surface area contributed by atoms with Crippen LogP contribution in [0.1, 0.15) is 29.7 Å². The number of benzene rings is 1. The first kappa shape index (κ1) is 22.7. The number of anilines is 1. The van der Waals surface area contributed by atoms with Crippen molar-refractivity contribution in [1.82, 2.24) is 15.6 Å². The molecule has 0 aliphatic carbocycles. The molecule has 33 heavy (non-hydrogen) atoms. The molecule has 0 saturated carbocycles. The van der Waals surface area contributed by atoms with Gasteiger partial charge in [0, 0.05) is 38.3 Å². The van der Waals surface area contributed by atoms with Crippen LogP contribution in [0.4, 0.5) is 5.82 Å². The van der Waals surface area contributed by atoms with Gasteiger partial charge in [0.25, 0.3) is 0 Å². The predicted octanol–water partition coefficient (Wildman–Crippen LogP) is 3.94. The van der Waals surface area contributed by atoms with Crippen LogP contribution in [0, 0.1) is 6.92 Å². The van der Waals surface area contributed by atoms with E-state index < -0.39 is 0 Å². The predicted molar refractivity (Wildman–Crippen MR) is 132 cm³/mol. The van der Waals surface area contributed by atoms with Gasteiger partial charge >= 0.3 is 0 Å². The summed E-state index contributed by atoms with van der Waals surface area (Å²) in [5.74, 6) is 3.72. The number of pyridine rings is 1. The van der Waals surface area contributed by atoms with Crippen LogP contribution in [0.5, 0.6) is 5.75 Å². The molecule has 7 heteroatoms. The third-order valence-corrected chi connectivity index (χ3v) is 5.88. The molecule has 0 amide bonds. The highest BCUT2D eigenvalue weighted by Gasteiger charge is 2.21. The highest BCUT2D eigenvalue weighted by Crippen LogP contribution is 2.18. The molecule has 0 unspecified atom stereocenters. The SMILES string of the molecule is COc1ccc(CN=C(NCCc2ccco2)NC2CCN(c3ccc(C)cn3)CC2)cc1. The monoisotopic (exact) mass is 447 g/mol. The molecular weight excluding hydrogens is 414 g/mol. The van der Waals surface area contributed by atoms with E-state index in [1.807, 2.05) is 30.5 Å². The topological polar surface area (TPSA) is 74.9 Å². The molecule has 2 aromatic heterocycles. The van der Waals surface area contributed by atoms with E-state index in [1.54, 1.807) is 13.4 Å². The molecule has 7 nitrogen and oxygen atoms in total. The Morgan fingerprint density at radius 3 is 2.64 bits per heavy atom. The number of ether oxygens (including phenoxy) is 1. The molecule has 1 aromatic carbocycles. The summed E-state index contributed by atoms with van der Waals surface area (Å²) < 4.78 is 10.7. The van der Waals surface area contributed by atoms with Gasteiger partial charge in [-0.1, -0.05) is 18.2 Å². The van der Waals surface area contributed by atoms with Crippen LogP contribution in [-0.4, -0.2) is 43.7 Å². The van der Waals surface area contributed by atoms with Gasteiger partial charge in [-0.3, -0.25) is 0 Å². The number of nitrogens with zero attached hydrogens (tertiary/aromatic N) is 3. The Balaban J connectivity index is 1.34. The number of hydrogen-bond acceptors (Lipinski definition) is 5. The highest BCUT2D eigenvalue weighted by molar-refractivity contribution is 5.80. The van der Waals surface area contributed by atoms with Gasteiger partial charge in [0.15, 0.2) is 5.96 Å². The summed E-state index contributed by atoms with van der Waals surface area (Å²) in [6.45, 7) is 5.39. The lowest BCUT2D eigenvalue weighted by Gasteiger charge is -2.34. The molecule has 0 bridgehead atoms. The van der Waals surface area contributed by atoms with Crippen LogP contribution >= 0.6 is 0 Å². The molecule has 3 aromatic rings. The third-order valence-electron chi connectivity index (χ3n) is 5.88. The molecule has 0 atom stereocenters. The van der Waals surface area contributed by atoms with Gasteiger partial charge in [0.1, 0.15) is 17.3 Å². The molecule has 0 radical (unpaired) electrons. The minimum atomic E-state index is 0.373. The fourth-order valence-corrected chi connectivity index (χ4v) is 3.91. The average molecular weight is 448 g/mol. The first-order chi connectivity index (χ1) is 16.2. The van der Waals surface area contributed by atoms with Crippen molar-refractivity contribution in [1.29, 1.82) is 0 Å². The molecule has 2 N–H and O–H groups in total. The van der Waals surface area contributed by atoms with E-state index in [4.69, 9.17) is 14.1 Å². The Bertz CT molecular complexity index is 992. The Hall–Kier alpha value is -3.48. The van der Waals surface area contributed by atoms with Crippen LogP contribution in [-0.2, 0) is 13.0 Å². The number of furan rings is 1. The van der Waals surface area contributed by atoms with E-state index in [1.165, 1.54) is 5.56 Å². The normalized spacial score (nSPS) is 14.8. The van der Waals surface area contributed by atoms with Gasteiger partial charge < -0.3 is 24.7 Å². The Labute approximate surface area is 195 Å². The second kappa shape index (κ2) is 11.4. The fourth-order valence-electron chi connectivity index (χ4n) is 3.91. The molecule has 4 rings (SSSR count). The lowest BCUT2D eigenvalue weighted by molar-refractivity contribution is 0.414. The zero-order valence-electron chi connectivity index (χ0n) is 19.5. The minimum Gasteiger partial charge on any atom is -0.497 e. The van der Waals surface area contributed by atoms with E-state index in [0.717, 1.165) is 67.7 Å². The molecule has 174 valence electrons. The average Bonchev–Trinajstić information content (AvgIpc) is 3.37. The number of aromatic nitrogens is 1. The van der Waals surface area contributed by atoms with Crippen molar-refractivity contribution in [2.45, 2.75) is 38.8 Å². The van der Waals surface area contributed by atoms with Crippen molar-refractivity contribution < 1.29 is 9.15 Å². The lowest BCUT2D eigenvalue weighted by Crippen LogP contribution is -2.49. The van der Waals surface area contributed by atoms with Crippen molar-refractivity contribution in [2.75, 3.05) is 31.6 Å². The van der Waals surface area contributed by atoms with Crippen LogP contribution in [0.3, 0.4) is 0 Å². The van der Waals surface area contributed by atoms with Crippen LogP contribution in [0.2, 0.25) is 0 Å². The maximum absolute atomic E-state index is 5.45. The van der Waals surface area contributed by atoms with Crippen molar-refractivity contribution in [2.24, 2.45) is 4.99 Å². The Kier molecular flexibility index (Phi) is 7.85. The van der Waals surface area contributed by atoms with Gasteiger partial charge in [-0.05, 0) is 61.2 Å². The smallest absolute Gasteiger partial charge is 0.191 e. The molecule has 1 aliphatic rings. The summed E-state index contributed by atoms with van der Waals surface area (Å²) in [5, 5.41) is 7.12. The van der Waals surface area contributed by atoms with Gasteiger partial charge in [-0.25, -0.2) is 9.98 Å². The third kappa shape index (κ3) is 6.75. The summed E-state index contributed by atoms with van der Waals surface area (Å²) in [7, 11) is 1.68. The summed E-state index contributed by atoms with van der Waals surface area (Å²) in [6, 6.07) is 16.6. The highest BCUT2D eigenvalue weighted by atomic mass is 16.5. The van der Waals surface area contributed by atoms with Crippen LogP contribution in [0.15, 0.2) is 70.4 Å². The largest absolute Gasteiger partial charge is 0.497 e. The van der Waals surface area contributed by atoms with Crippen molar-refractivity contribution in [3.05, 3.63) is 77.9 Å². The second-order valence-corrected chi connectivity index (χ2v) is 8.37. The van der Waals surface area contributed by atoms with Gasteiger partial charge in [-0.2, -0.15) is 0 Å². The molecule has 0 spiro atoms. The Morgan fingerprint density at radius 2 is 1.97 bits per heavy atom. The van der Waals surface area contributed by atoms with Crippen LogP contribution in [0.25, 0.3) is 0 Å². The molecular formula is C26H33N5O2. The fraction of sp³-hybridized carbons (Fsp3) is 0.385. The molecule has 3 heterocycles. The van der Waals surface area contributed by atoms with E-state index >= 15 is 0 Å². The molecule has 1 aliphatic heterocycles. The standard InChI is InChI=1S/C26H33N5O2/c1-20-5-10-25(28-18-20)31-15-12-22(13-16-31)30-26(27-14-11-24-4-3-17-33-24)29-19-21-6-8-23(32-2)9-7-21/h3-10,17-18,22H,11-16,19H2,1-2H3,(H2,27,29,30). The van der Waals surface area contributed by atoms with E-state index in [0.29, 0.717) is 12.6 Å². The van der Waals surface area contributed by atoms with E-state index in [2.05, 4.69) is 51.7 Å². The van der Waals surface area contributed by atoms with E-state index in [9.17, 15) is 0 Å². The lowest BCUT2D eigenvalue weighted by atomic mass is 10.1. The number of guanidine groups is 1. The summed E-state index contributed by atoms with van der Waals surface area (Å²) >= 11 is 0. The number of rotatable bonds is 8. The second-order valence-electron chi connectivity index (χ2n) is 8.37. The first-order valence-electron chi connectivity index (χ1n) is 11.6. The van der Waals surface area contributed by atoms with Crippen molar-refractivity contribution in [3.63, 3.8) is 0 Å². The number of hydrogen-bond donors (Lipinski definition) is 2. The molecule has 1 fully saturated rings. The molecule has 1 saturated heterocycles. The minimum absolute atomic E-state index is 0.373. The van der Waals surface area contributed by atoms with Gasteiger partial charge in [0.05, 0.1) is 19.9 Å². The summed E-state index contributed by atoms with van der Waals surface area (Å²) in [6.07, 6.45) is 6.54. The quantitative estimate of drug-likeness (QED) is 0.403. The number of nitrogens with one attached hydrogen (secondary N) is 2. The maximum atomic E-state index is 5.45. The van der Waals surface area contributed by atoms with Gasteiger partial charge in [-0.15, -0.1) is 0 Å². The maximum Gasteiger partial charge on any atom is 0.191 e. The van der Waals surface area contributed by atoms with Gasteiger partial charge in [0.2, 0.25) is 0 Å². The zero-order chi connectivity index (χ0) is 22.9. The number of piperidine rings is 1. The Morgan fingerprint density at radius 1 is 1.15 bits per heavy atom. The van der Waals surface area contributed by atoms with Crippen molar-refractivity contribution in [3.8, 4) is 5.75 Å². The summed E-state index contributed by atoms with van der Waals surface area (Å²) in [4.78, 5) is 11.8. The zero-order valence-corrected chi connectivity index (χ0v) is 19.5. The first-order valence-corrected chi connectivity index (χ1v) is 11.6. The number of methoxy groups -OCH3 is 1. The van der Waals surface area contributed by atoms with Crippen molar-refractivity contribution >= 4 is 11.8 Å². The summed E-state index contributed by atoms with van der Waals surface area (Å²) in [5.41, 5.74) is 2.33. The van der Waals surface area contributed by atoms with E-state index in [-0.39, 0.29) is 0 Å².